The van der Waals surface area contributed by atoms with Gasteiger partial charge in [0.1, 0.15) is 12.1 Å². The predicted octanol–water partition coefficient (Wildman–Crippen LogP) is -0.969. The molecule has 17 nitrogen and oxygen atoms in total. The Labute approximate surface area is 275 Å². The van der Waals surface area contributed by atoms with E-state index >= 15 is 0 Å². The van der Waals surface area contributed by atoms with Gasteiger partial charge < -0.3 is 66.3 Å². The average Bonchev–Trinajstić information content (AvgIpc) is 3.73. The summed E-state index contributed by atoms with van der Waals surface area (Å²) in [4.78, 5) is 19.9. The van der Waals surface area contributed by atoms with Gasteiger partial charge in [-0.2, -0.15) is 10.5 Å². The number of nitriles is 2. The van der Waals surface area contributed by atoms with E-state index in [1.807, 2.05) is 0 Å². The lowest BCUT2D eigenvalue weighted by Crippen LogP contribution is -2.41. The second kappa shape index (κ2) is 44.6. The SMILES string of the molecule is C1CCOC1.C1CCOC1.CC(=O)O.CC(C)(O)C(N)C#N.CC(C)(O)C(N)C#N.CN(C)C=O.COCCO.COCCO.O. The highest BCUT2D eigenvalue weighted by molar-refractivity contribution is 5.62. The summed E-state index contributed by atoms with van der Waals surface area (Å²) in [6, 6.07) is 1.89. The van der Waals surface area contributed by atoms with Crippen LogP contribution in [0.15, 0.2) is 0 Å². The Morgan fingerprint density at radius 2 is 1.07 bits per heavy atom. The number of nitrogens with zero attached hydrogens (tertiary/aromatic N) is 3. The molecule has 2 aliphatic rings. The van der Waals surface area contributed by atoms with E-state index in [1.54, 1.807) is 40.5 Å². The van der Waals surface area contributed by atoms with Crippen LogP contribution in [0.4, 0.5) is 0 Å². The van der Waals surface area contributed by atoms with Gasteiger partial charge in [0, 0.05) is 61.7 Å². The number of carboxylic acids is 1. The molecular formula is C29H65N5O12. The molecule has 0 aromatic heterocycles. The Morgan fingerprint density at radius 3 is 1.09 bits per heavy atom. The third-order valence-corrected chi connectivity index (χ3v) is 4.26. The van der Waals surface area contributed by atoms with E-state index in [1.165, 1.54) is 58.3 Å². The maximum atomic E-state index is 9.43. The van der Waals surface area contributed by atoms with Crippen molar-refractivity contribution in [2.24, 2.45) is 11.5 Å². The number of hydrogen-bond donors (Lipinski definition) is 7. The summed E-state index contributed by atoms with van der Waals surface area (Å²) in [5, 5.41) is 57.4. The first-order chi connectivity index (χ1) is 20.8. The van der Waals surface area contributed by atoms with E-state index in [9.17, 15) is 4.79 Å². The standard InChI is InChI=1S/2C5H10N2O.2C4H8O.C3H7NO.2C3H8O2.C2H4O2.H2O/c2*1-5(2,8)4(7)3-6;2*1-2-4-5-3-1;1-4(2)3-5;2*1-5-3-2-4;1-2(3)4;/h2*4,8H,7H2,1-2H3;2*1-4H2;3H,1-2H3;2*4H,2-3H2,1H3;1H3,(H,3,4);1H2. The summed E-state index contributed by atoms with van der Waals surface area (Å²) in [5.41, 5.74) is 8.13. The molecule has 0 aromatic carbocycles. The van der Waals surface area contributed by atoms with E-state index in [-0.39, 0.29) is 18.7 Å². The lowest BCUT2D eigenvalue weighted by atomic mass is 10.0. The van der Waals surface area contributed by atoms with Crippen LogP contribution >= 0.6 is 0 Å². The molecule has 2 saturated heterocycles. The van der Waals surface area contributed by atoms with Crippen molar-refractivity contribution in [2.75, 3.05) is 81.2 Å². The average molecular weight is 676 g/mol. The second-order valence-electron chi connectivity index (χ2n) is 10.2. The summed E-state index contributed by atoms with van der Waals surface area (Å²) >= 11 is 0. The van der Waals surface area contributed by atoms with Crippen LogP contribution < -0.4 is 11.5 Å². The molecule has 0 bridgehead atoms. The molecule has 0 aliphatic carbocycles. The Kier molecular flexibility index (Phi) is 57.2. The number of aliphatic hydroxyl groups is 4. The molecule has 0 aromatic rings. The Morgan fingerprint density at radius 1 is 0.848 bits per heavy atom. The number of amides is 1. The minimum absolute atomic E-state index is 0. The van der Waals surface area contributed by atoms with Crippen molar-refractivity contribution in [1.82, 2.24) is 4.90 Å². The lowest BCUT2D eigenvalue weighted by Gasteiger charge is -2.18. The van der Waals surface area contributed by atoms with Gasteiger partial charge in [-0.05, 0) is 53.4 Å². The zero-order valence-corrected chi connectivity index (χ0v) is 29.4. The van der Waals surface area contributed by atoms with Crippen molar-refractivity contribution < 1.29 is 59.5 Å². The Balaban J connectivity index is -0.0000000762. The van der Waals surface area contributed by atoms with Crippen molar-refractivity contribution in [3.05, 3.63) is 0 Å². The van der Waals surface area contributed by atoms with Gasteiger partial charge in [0.25, 0.3) is 5.97 Å². The van der Waals surface area contributed by atoms with Crippen LogP contribution in [0.2, 0.25) is 0 Å². The molecule has 0 spiro atoms. The number of rotatable bonds is 7. The molecule has 46 heavy (non-hydrogen) atoms. The van der Waals surface area contributed by atoms with Gasteiger partial charge in [0.15, 0.2) is 0 Å². The largest absolute Gasteiger partial charge is 0.481 e. The molecule has 0 radical (unpaired) electrons. The molecule has 2 aliphatic heterocycles. The number of carbonyl (C=O) groups is 2. The maximum Gasteiger partial charge on any atom is 0.300 e. The number of carboxylic acid groups (broad SMARTS) is 1. The summed E-state index contributed by atoms with van der Waals surface area (Å²) in [5.74, 6) is -0.833. The molecule has 2 fully saturated rings. The number of ether oxygens (including phenoxy) is 4. The lowest BCUT2D eigenvalue weighted by molar-refractivity contribution is -0.134. The van der Waals surface area contributed by atoms with Gasteiger partial charge in [0.05, 0.1) is 49.8 Å². The first kappa shape index (κ1) is 59.0. The van der Waals surface area contributed by atoms with Crippen LogP contribution in [-0.2, 0) is 28.5 Å². The quantitative estimate of drug-likeness (QED) is 0.160. The Bertz CT molecular complexity index is 615. The molecule has 1 amide bonds. The van der Waals surface area contributed by atoms with Gasteiger partial charge in [-0.15, -0.1) is 0 Å². The first-order valence-electron chi connectivity index (χ1n) is 14.2. The smallest absolute Gasteiger partial charge is 0.300 e. The van der Waals surface area contributed by atoms with Crippen LogP contribution in [-0.4, -0.2) is 153 Å². The van der Waals surface area contributed by atoms with Crippen LogP contribution in [0.1, 0.15) is 60.3 Å². The van der Waals surface area contributed by atoms with Gasteiger partial charge in [-0.3, -0.25) is 9.59 Å². The fraction of sp³-hybridized carbons (Fsp3) is 0.862. The van der Waals surface area contributed by atoms with E-state index in [0.29, 0.717) is 13.2 Å². The topological polar surface area (TPSA) is 307 Å². The summed E-state index contributed by atoms with van der Waals surface area (Å²) in [6.45, 7) is 12.2. The number of carbonyl (C=O) groups excluding carboxylic acids is 1. The number of hydrogen-bond acceptors (Lipinski definition) is 14. The molecule has 11 N–H and O–H groups in total. The normalized spacial score (nSPS) is 13.5. The zero-order chi connectivity index (χ0) is 36.7. The third kappa shape index (κ3) is 78.2. The number of methoxy groups -OCH3 is 2. The van der Waals surface area contributed by atoms with Crippen molar-refractivity contribution in [1.29, 1.82) is 10.5 Å². The van der Waals surface area contributed by atoms with E-state index in [0.717, 1.165) is 39.8 Å². The minimum Gasteiger partial charge on any atom is -0.481 e. The van der Waals surface area contributed by atoms with Crippen LogP contribution in [0.5, 0.6) is 0 Å². The molecular weight excluding hydrogens is 610 g/mol. The number of aliphatic carboxylic acids is 1. The van der Waals surface area contributed by atoms with Gasteiger partial charge in [-0.25, -0.2) is 0 Å². The van der Waals surface area contributed by atoms with Crippen molar-refractivity contribution >= 4 is 12.4 Å². The van der Waals surface area contributed by atoms with E-state index < -0.39 is 29.3 Å². The Hall–Kier alpha value is -2.52. The maximum absolute atomic E-state index is 9.43. The van der Waals surface area contributed by atoms with Crippen LogP contribution in [0.3, 0.4) is 0 Å². The zero-order valence-electron chi connectivity index (χ0n) is 29.4. The molecule has 17 heteroatoms. The van der Waals surface area contributed by atoms with Crippen molar-refractivity contribution in [2.45, 2.75) is 83.6 Å². The highest BCUT2D eigenvalue weighted by Gasteiger charge is 2.22. The fourth-order valence-corrected chi connectivity index (χ4v) is 1.52. The molecule has 2 atom stereocenters. The molecule has 2 unspecified atom stereocenters. The second-order valence-corrected chi connectivity index (χ2v) is 10.2. The molecule has 278 valence electrons. The van der Waals surface area contributed by atoms with E-state index in [4.69, 9.17) is 61.8 Å². The van der Waals surface area contributed by atoms with Gasteiger partial charge >= 0.3 is 0 Å². The third-order valence-electron chi connectivity index (χ3n) is 4.26. The van der Waals surface area contributed by atoms with Crippen LogP contribution in [0, 0.1) is 22.7 Å². The van der Waals surface area contributed by atoms with Gasteiger partial charge in [-0.1, -0.05) is 0 Å². The van der Waals surface area contributed by atoms with Crippen molar-refractivity contribution in [3.8, 4) is 12.1 Å². The number of nitrogens with two attached hydrogens (primary N) is 2. The van der Waals surface area contributed by atoms with Crippen LogP contribution in [0.25, 0.3) is 0 Å². The van der Waals surface area contributed by atoms with E-state index in [2.05, 4.69) is 9.47 Å². The highest BCUT2D eigenvalue weighted by atomic mass is 16.5. The summed E-state index contributed by atoms with van der Waals surface area (Å²) in [7, 11) is 6.48. The monoisotopic (exact) mass is 675 g/mol. The number of aliphatic hydroxyl groups excluding tert-OH is 2. The van der Waals surface area contributed by atoms with Crippen molar-refractivity contribution in [3.63, 3.8) is 0 Å². The predicted molar refractivity (Wildman–Crippen MR) is 174 cm³/mol. The summed E-state index contributed by atoms with van der Waals surface area (Å²) in [6.07, 6.45) is 5.86. The molecule has 2 heterocycles. The first-order valence-corrected chi connectivity index (χ1v) is 14.2. The van der Waals surface area contributed by atoms with Gasteiger partial charge in [0.2, 0.25) is 6.41 Å². The minimum atomic E-state index is -1.07. The molecule has 2 rings (SSSR count). The summed E-state index contributed by atoms with van der Waals surface area (Å²) < 4.78 is 18.8. The highest BCUT2D eigenvalue weighted by Crippen LogP contribution is 2.04. The molecule has 0 saturated carbocycles. The fourth-order valence-electron chi connectivity index (χ4n) is 1.52.